The summed E-state index contributed by atoms with van der Waals surface area (Å²) in [6.45, 7) is -0.638. The Bertz CT molecular complexity index is 1390. The van der Waals surface area contributed by atoms with Gasteiger partial charge in [-0.05, 0) is 37.1 Å². The Balaban J connectivity index is 1.54. The second-order valence-corrected chi connectivity index (χ2v) is 7.61. The van der Waals surface area contributed by atoms with Crippen molar-refractivity contribution in [1.29, 1.82) is 0 Å². The number of aromatic nitrogens is 6. The van der Waals surface area contributed by atoms with Crippen LogP contribution in [0.1, 0.15) is 23.5 Å². The number of fused-ring (bicyclic) bond motifs is 1. The van der Waals surface area contributed by atoms with Crippen molar-refractivity contribution in [2.45, 2.75) is 26.3 Å². The summed E-state index contributed by atoms with van der Waals surface area (Å²) in [7, 11) is 0. The fourth-order valence-electron chi connectivity index (χ4n) is 3.76. The van der Waals surface area contributed by atoms with Gasteiger partial charge in [-0.1, -0.05) is 35.9 Å². The van der Waals surface area contributed by atoms with E-state index in [2.05, 4.69) is 45.2 Å². The molecule has 0 spiro atoms. The topological polar surface area (TPSA) is 72.3 Å². The number of benzene rings is 2. The van der Waals surface area contributed by atoms with E-state index in [1.807, 2.05) is 24.3 Å². The van der Waals surface area contributed by atoms with Crippen LogP contribution in [0.5, 0.6) is 0 Å². The number of nitrogens with one attached hydrogen (secondary N) is 1. The minimum atomic E-state index is -2.70. The van der Waals surface area contributed by atoms with Gasteiger partial charge in [-0.2, -0.15) is 13.9 Å². The van der Waals surface area contributed by atoms with Gasteiger partial charge >= 0.3 is 6.55 Å². The minimum Gasteiger partial charge on any atom is -0.340 e. The van der Waals surface area contributed by atoms with Gasteiger partial charge in [0.15, 0.2) is 0 Å². The van der Waals surface area contributed by atoms with Crippen LogP contribution in [0.3, 0.4) is 0 Å². The molecule has 0 radical (unpaired) electrons. The number of nitrogens with zero attached hydrogens (tertiary/aromatic N) is 5. The van der Waals surface area contributed by atoms with Gasteiger partial charge in [-0.3, -0.25) is 9.97 Å². The highest BCUT2D eigenvalue weighted by Gasteiger charge is 2.18. The van der Waals surface area contributed by atoms with Crippen LogP contribution in [-0.2, 0) is 12.8 Å². The van der Waals surface area contributed by atoms with E-state index in [1.54, 1.807) is 18.5 Å². The summed E-state index contributed by atoms with van der Waals surface area (Å²) in [6, 6.07) is 15.6. The Labute approximate surface area is 183 Å². The van der Waals surface area contributed by atoms with E-state index in [9.17, 15) is 8.78 Å². The molecule has 5 aromatic rings. The van der Waals surface area contributed by atoms with E-state index in [4.69, 9.17) is 4.98 Å². The van der Waals surface area contributed by atoms with Crippen molar-refractivity contribution in [1.82, 2.24) is 29.7 Å². The van der Waals surface area contributed by atoms with Crippen molar-refractivity contribution >= 4 is 11.0 Å². The number of hydrogen-bond donors (Lipinski definition) is 1. The highest BCUT2D eigenvalue weighted by Crippen LogP contribution is 2.31. The molecule has 0 bridgehead atoms. The van der Waals surface area contributed by atoms with Crippen LogP contribution in [0.25, 0.3) is 33.7 Å². The van der Waals surface area contributed by atoms with Gasteiger partial charge in [-0.25, -0.2) is 9.67 Å². The average molecular weight is 430 g/mol. The highest BCUT2D eigenvalue weighted by molar-refractivity contribution is 5.84. The third-order valence-electron chi connectivity index (χ3n) is 5.29. The Morgan fingerprint density at radius 2 is 1.81 bits per heavy atom. The molecule has 0 atom stereocenters. The summed E-state index contributed by atoms with van der Waals surface area (Å²) >= 11 is 0. The Hall–Kier alpha value is -3.94. The van der Waals surface area contributed by atoms with Gasteiger partial charge < -0.3 is 4.98 Å². The fourth-order valence-corrected chi connectivity index (χ4v) is 3.76. The second kappa shape index (κ2) is 8.30. The highest BCUT2D eigenvalue weighted by atomic mass is 19.3. The molecule has 3 heterocycles. The lowest BCUT2D eigenvalue weighted by atomic mass is 10.1. The first-order valence-corrected chi connectivity index (χ1v) is 10.3. The van der Waals surface area contributed by atoms with E-state index in [1.165, 1.54) is 17.3 Å². The van der Waals surface area contributed by atoms with Crippen molar-refractivity contribution in [3.8, 4) is 22.6 Å². The lowest BCUT2D eigenvalue weighted by molar-refractivity contribution is 0.0568. The van der Waals surface area contributed by atoms with Crippen LogP contribution in [0.2, 0.25) is 0 Å². The normalized spacial score (nSPS) is 11.5. The molecular formula is C24H20F2N6. The Kier molecular flexibility index (Phi) is 5.18. The molecule has 0 unspecified atom stereocenters. The Morgan fingerprint density at radius 1 is 0.969 bits per heavy atom. The van der Waals surface area contributed by atoms with E-state index >= 15 is 0 Å². The predicted molar refractivity (Wildman–Crippen MR) is 118 cm³/mol. The monoisotopic (exact) mass is 430 g/mol. The lowest BCUT2D eigenvalue weighted by Gasteiger charge is -2.03. The fraction of sp³-hybridized carbons (Fsp3) is 0.167. The Morgan fingerprint density at radius 3 is 2.59 bits per heavy atom. The molecule has 0 fully saturated rings. The maximum absolute atomic E-state index is 13.1. The summed E-state index contributed by atoms with van der Waals surface area (Å²) in [5.74, 6) is 0.766. The predicted octanol–water partition coefficient (Wildman–Crippen LogP) is 5.37. The quantitative estimate of drug-likeness (QED) is 0.393. The molecule has 2 aromatic carbocycles. The van der Waals surface area contributed by atoms with Crippen molar-refractivity contribution < 1.29 is 8.78 Å². The lowest BCUT2D eigenvalue weighted by Crippen LogP contribution is -1.98. The van der Waals surface area contributed by atoms with Crippen molar-refractivity contribution in [2.75, 3.05) is 0 Å². The zero-order valence-electron chi connectivity index (χ0n) is 17.3. The second-order valence-electron chi connectivity index (χ2n) is 7.61. The van der Waals surface area contributed by atoms with Crippen LogP contribution in [-0.4, -0.2) is 29.7 Å². The van der Waals surface area contributed by atoms with Crippen LogP contribution >= 0.6 is 0 Å². The van der Waals surface area contributed by atoms with Gasteiger partial charge in [0.2, 0.25) is 0 Å². The molecule has 0 saturated carbocycles. The van der Waals surface area contributed by atoms with Crippen LogP contribution < -0.4 is 0 Å². The van der Waals surface area contributed by atoms with Crippen LogP contribution in [0.4, 0.5) is 8.78 Å². The SMILES string of the molecule is Cc1cccc(CCc2nc(-c3ccc4nccnc4c3)c(-c3ccn(C(F)F)n3)[nH]2)c1. The maximum atomic E-state index is 13.1. The van der Waals surface area contributed by atoms with Gasteiger partial charge in [-0.15, -0.1) is 0 Å². The molecule has 5 rings (SSSR count). The van der Waals surface area contributed by atoms with Gasteiger partial charge in [0.1, 0.15) is 11.5 Å². The number of H-pyrrole nitrogens is 1. The number of aromatic amines is 1. The first-order valence-electron chi connectivity index (χ1n) is 10.3. The molecule has 1 N–H and O–H groups in total. The molecule has 0 aliphatic carbocycles. The van der Waals surface area contributed by atoms with Crippen LogP contribution in [0, 0.1) is 6.92 Å². The van der Waals surface area contributed by atoms with Gasteiger partial charge in [0.05, 0.1) is 22.4 Å². The summed E-state index contributed by atoms with van der Waals surface area (Å²) in [5, 5.41) is 4.04. The first-order chi connectivity index (χ1) is 15.6. The summed E-state index contributed by atoms with van der Waals surface area (Å²) in [6.07, 6.45) is 6.03. The average Bonchev–Trinajstić information content (AvgIpc) is 3.45. The molecule has 32 heavy (non-hydrogen) atoms. The molecule has 160 valence electrons. The van der Waals surface area contributed by atoms with Crippen LogP contribution in [0.15, 0.2) is 67.1 Å². The third kappa shape index (κ3) is 3.99. The summed E-state index contributed by atoms with van der Waals surface area (Å²) in [5.41, 5.74) is 6.41. The smallest absolute Gasteiger partial charge is 0.333 e. The molecule has 3 aromatic heterocycles. The van der Waals surface area contributed by atoms with Crippen molar-refractivity contribution in [3.63, 3.8) is 0 Å². The molecule has 0 aliphatic heterocycles. The van der Waals surface area contributed by atoms with E-state index in [0.29, 0.717) is 28.2 Å². The third-order valence-corrected chi connectivity index (χ3v) is 5.29. The molecule has 8 heteroatoms. The first kappa shape index (κ1) is 20.0. The molecular weight excluding hydrogens is 410 g/mol. The number of aryl methyl sites for hydroxylation is 3. The van der Waals surface area contributed by atoms with Gasteiger partial charge in [0, 0.05) is 30.6 Å². The molecule has 0 saturated heterocycles. The number of hydrogen-bond acceptors (Lipinski definition) is 4. The molecule has 0 aliphatic rings. The van der Waals surface area contributed by atoms with Crippen molar-refractivity contribution in [2.24, 2.45) is 0 Å². The summed E-state index contributed by atoms with van der Waals surface area (Å²) < 4.78 is 26.8. The maximum Gasteiger partial charge on any atom is 0.333 e. The largest absolute Gasteiger partial charge is 0.340 e. The summed E-state index contributed by atoms with van der Waals surface area (Å²) in [4.78, 5) is 16.8. The number of halogens is 2. The van der Waals surface area contributed by atoms with Crippen molar-refractivity contribution in [3.05, 3.63) is 84.1 Å². The number of alkyl halides is 2. The molecule has 6 nitrogen and oxygen atoms in total. The van der Waals surface area contributed by atoms with Gasteiger partial charge in [0.25, 0.3) is 0 Å². The number of imidazole rings is 1. The van der Waals surface area contributed by atoms with E-state index in [0.717, 1.165) is 28.8 Å². The zero-order chi connectivity index (χ0) is 22.1. The zero-order valence-corrected chi connectivity index (χ0v) is 17.3. The standard InChI is InChI=1S/C24H20F2N6/c1-15-3-2-4-16(13-15)5-8-21-29-22(17-6-7-18-20(14-17)28-11-10-27-18)23(30-21)19-9-12-32(31-19)24(25)26/h2-4,6-7,9-14,24H,5,8H2,1H3,(H,29,30). The molecule has 0 amide bonds. The number of rotatable bonds is 6. The van der Waals surface area contributed by atoms with E-state index < -0.39 is 6.55 Å². The van der Waals surface area contributed by atoms with E-state index in [-0.39, 0.29) is 0 Å². The minimum absolute atomic E-state index is 0.411.